The standard InChI is InChI=1S/C17H19Cl2N5O2/c1-2-26-17(25)24-5-3-23(4-6-24)16-10-15(20-11-21-16)22-14-8-12(18)7-13(19)9-14/h7-11H,2-6H2,1H3,(H,20,21,22). The van der Waals surface area contributed by atoms with E-state index in [1.54, 1.807) is 30.0 Å². The molecule has 0 aliphatic carbocycles. The fourth-order valence-electron chi connectivity index (χ4n) is 2.70. The number of carbonyl (C=O) groups excluding carboxylic acids is 1. The molecule has 1 amide bonds. The predicted molar refractivity (Wildman–Crippen MR) is 103 cm³/mol. The number of nitrogens with zero attached hydrogens (tertiary/aromatic N) is 4. The molecule has 3 rings (SSSR count). The van der Waals surface area contributed by atoms with Crippen molar-refractivity contribution in [1.29, 1.82) is 0 Å². The van der Waals surface area contributed by atoms with Crippen LogP contribution >= 0.6 is 23.2 Å². The molecule has 0 bridgehead atoms. The molecule has 0 unspecified atom stereocenters. The van der Waals surface area contributed by atoms with E-state index in [-0.39, 0.29) is 6.09 Å². The summed E-state index contributed by atoms with van der Waals surface area (Å²) in [6.07, 6.45) is 1.23. The Bertz CT molecular complexity index is 761. The third kappa shape index (κ3) is 4.68. The zero-order valence-corrected chi connectivity index (χ0v) is 15.8. The van der Waals surface area contributed by atoms with E-state index in [0.717, 1.165) is 11.5 Å². The maximum atomic E-state index is 11.8. The molecule has 1 aliphatic rings. The third-order valence-corrected chi connectivity index (χ3v) is 4.35. The molecule has 9 heteroatoms. The molecule has 1 aromatic carbocycles. The molecule has 0 spiro atoms. The number of rotatable bonds is 4. The molecule has 7 nitrogen and oxygen atoms in total. The van der Waals surface area contributed by atoms with E-state index in [2.05, 4.69) is 20.2 Å². The van der Waals surface area contributed by atoms with E-state index in [4.69, 9.17) is 27.9 Å². The summed E-state index contributed by atoms with van der Waals surface area (Å²) in [6.45, 7) is 4.73. The second-order valence-electron chi connectivity index (χ2n) is 5.72. The second kappa shape index (κ2) is 8.42. The van der Waals surface area contributed by atoms with Gasteiger partial charge in [0.1, 0.15) is 18.0 Å². The van der Waals surface area contributed by atoms with E-state index in [0.29, 0.717) is 48.6 Å². The number of carbonyl (C=O) groups is 1. The van der Waals surface area contributed by atoms with Crippen LogP contribution in [0.4, 0.5) is 22.1 Å². The van der Waals surface area contributed by atoms with Crippen LogP contribution in [0.5, 0.6) is 0 Å². The average Bonchev–Trinajstić information content (AvgIpc) is 2.61. The average molecular weight is 396 g/mol. The Balaban J connectivity index is 1.65. The van der Waals surface area contributed by atoms with Crippen LogP contribution in [-0.4, -0.2) is 53.7 Å². The van der Waals surface area contributed by atoms with Crippen molar-refractivity contribution in [2.45, 2.75) is 6.92 Å². The van der Waals surface area contributed by atoms with E-state index >= 15 is 0 Å². The van der Waals surface area contributed by atoms with Gasteiger partial charge in [-0.1, -0.05) is 23.2 Å². The zero-order chi connectivity index (χ0) is 18.5. The van der Waals surface area contributed by atoms with Gasteiger partial charge in [0.25, 0.3) is 0 Å². The first-order valence-electron chi connectivity index (χ1n) is 8.27. The van der Waals surface area contributed by atoms with Gasteiger partial charge in [-0.25, -0.2) is 14.8 Å². The lowest BCUT2D eigenvalue weighted by Gasteiger charge is -2.34. The monoisotopic (exact) mass is 395 g/mol. The van der Waals surface area contributed by atoms with Crippen LogP contribution in [0, 0.1) is 0 Å². The van der Waals surface area contributed by atoms with Crippen LogP contribution in [0.3, 0.4) is 0 Å². The molecule has 2 heterocycles. The number of nitrogens with one attached hydrogen (secondary N) is 1. The Labute approximate surface area is 161 Å². The minimum absolute atomic E-state index is 0.268. The molecule has 2 aromatic rings. The Hall–Kier alpha value is -2.25. The molecule has 0 saturated carbocycles. The minimum atomic E-state index is -0.268. The molecular weight excluding hydrogens is 377 g/mol. The summed E-state index contributed by atoms with van der Waals surface area (Å²) in [4.78, 5) is 24.2. The molecule has 26 heavy (non-hydrogen) atoms. The lowest BCUT2D eigenvalue weighted by atomic mass is 10.3. The number of aromatic nitrogens is 2. The fourth-order valence-corrected chi connectivity index (χ4v) is 3.22. The molecule has 1 aromatic heterocycles. The first-order valence-corrected chi connectivity index (χ1v) is 9.02. The molecule has 138 valence electrons. The zero-order valence-electron chi connectivity index (χ0n) is 14.3. The van der Waals surface area contributed by atoms with Crippen molar-refractivity contribution in [3.05, 3.63) is 40.6 Å². The topological polar surface area (TPSA) is 70.6 Å². The maximum absolute atomic E-state index is 11.8. The predicted octanol–water partition coefficient (Wildman–Crippen LogP) is 3.81. The van der Waals surface area contributed by atoms with E-state index in [1.807, 2.05) is 6.07 Å². The first-order chi connectivity index (χ1) is 12.5. The summed E-state index contributed by atoms with van der Waals surface area (Å²) in [5.41, 5.74) is 0.749. The highest BCUT2D eigenvalue weighted by atomic mass is 35.5. The summed E-state index contributed by atoms with van der Waals surface area (Å²) in [5.74, 6) is 1.43. The number of ether oxygens (including phenoxy) is 1. The SMILES string of the molecule is CCOC(=O)N1CCN(c2cc(Nc3cc(Cl)cc(Cl)c3)ncn2)CC1. The molecule has 1 saturated heterocycles. The third-order valence-electron chi connectivity index (χ3n) is 3.92. The van der Waals surface area contributed by atoms with E-state index in [9.17, 15) is 4.79 Å². The normalized spacial score (nSPS) is 14.3. The van der Waals surface area contributed by atoms with Crippen LogP contribution in [0.1, 0.15) is 6.92 Å². The Morgan fingerprint density at radius 2 is 1.81 bits per heavy atom. The van der Waals surface area contributed by atoms with Gasteiger partial charge in [0, 0.05) is 48.0 Å². The summed E-state index contributed by atoms with van der Waals surface area (Å²) < 4.78 is 5.04. The van der Waals surface area contributed by atoms with Crippen LogP contribution in [-0.2, 0) is 4.74 Å². The van der Waals surface area contributed by atoms with Gasteiger partial charge >= 0.3 is 6.09 Å². The van der Waals surface area contributed by atoms with Gasteiger partial charge in [0.05, 0.1) is 6.61 Å². The Morgan fingerprint density at radius 1 is 1.12 bits per heavy atom. The van der Waals surface area contributed by atoms with E-state index < -0.39 is 0 Å². The highest BCUT2D eigenvalue weighted by Gasteiger charge is 2.22. The number of piperazine rings is 1. The van der Waals surface area contributed by atoms with Gasteiger partial charge in [-0.3, -0.25) is 0 Å². The van der Waals surface area contributed by atoms with Gasteiger partial charge in [0.15, 0.2) is 0 Å². The highest BCUT2D eigenvalue weighted by molar-refractivity contribution is 6.35. The van der Waals surface area contributed by atoms with Gasteiger partial charge in [-0.05, 0) is 25.1 Å². The number of anilines is 3. The quantitative estimate of drug-likeness (QED) is 0.848. The molecule has 1 aliphatic heterocycles. The van der Waals surface area contributed by atoms with Crippen molar-refractivity contribution in [3.63, 3.8) is 0 Å². The number of hydrogen-bond donors (Lipinski definition) is 1. The lowest BCUT2D eigenvalue weighted by Crippen LogP contribution is -2.49. The second-order valence-corrected chi connectivity index (χ2v) is 6.59. The van der Waals surface area contributed by atoms with Crippen molar-refractivity contribution in [3.8, 4) is 0 Å². The van der Waals surface area contributed by atoms with Gasteiger partial charge in [-0.15, -0.1) is 0 Å². The molecule has 1 N–H and O–H groups in total. The molecule has 0 radical (unpaired) electrons. The number of benzene rings is 1. The van der Waals surface area contributed by atoms with Crippen molar-refractivity contribution < 1.29 is 9.53 Å². The number of amides is 1. The fraction of sp³-hybridized carbons (Fsp3) is 0.353. The van der Waals surface area contributed by atoms with Crippen molar-refractivity contribution in [2.24, 2.45) is 0 Å². The summed E-state index contributed by atoms with van der Waals surface area (Å²) in [6, 6.07) is 7.07. The van der Waals surface area contributed by atoms with Crippen molar-refractivity contribution in [2.75, 3.05) is 43.0 Å². The lowest BCUT2D eigenvalue weighted by molar-refractivity contribution is 0.105. The highest BCUT2D eigenvalue weighted by Crippen LogP contribution is 2.25. The largest absolute Gasteiger partial charge is 0.450 e. The van der Waals surface area contributed by atoms with Gasteiger partial charge in [0.2, 0.25) is 0 Å². The Kier molecular flexibility index (Phi) is 6.00. The number of hydrogen-bond acceptors (Lipinski definition) is 6. The van der Waals surface area contributed by atoms with Gasteiger partial charge < -0.3 is 19.9 Å². The first kappa shape index (κ1) is 18.5. The van der Waals surface area contributed by atoms with Crippen LogP contribution in [0.25, 0.3) is 0 Å². The Morgan fingerprint density at radius 3 is 2.46 bits per heavy atom. The summed E-state index contributed by atoms with van der Waals surface area (Å²) in [5, 5.41) is 4.27. The smallest absolute Gasteiger partial charge is 0.409 e. The minimum Gasteiger partial charge on any atom is -0.450 e. The molecule has 0 atom stereocenters. The van der Waals surface area contributed by atoms with Crippen LogP contribution in [0.15, 0.2) is 30.6 Å². The van der Waals surface area contributed by atoms with E-state index in [1.165, 1.54) is 6.33 Å². The molecule has 1 fully saturated rings. The van der Waals surface area contributed by atoms with Crippen molar-refractivity contribution in [1.82, 2.24) is 14.9 Å². The van der Waals surface area contributed by atoms with Crippen molar-refractivity contribution >= 4 is 46.6 Å². The van der Waals surface area contributed by atoms with Gasteiger partial charge in [-0.2, -0.15) is 0 Å². The summed E-state index contributed by atoms with van der Waals surface area (Å²) in [7, 11) is 0. The number of halogens is 2. The maximum Gasteiger partial charge on any atom is 0.409 e. The van der Waals surface area contributed by atoms with Crippen LogP contribution in [0.2, 0.25) is 10.0 Å². The van der Waals surface area contributed by atoms with Crippen LogP contribution < -0.4 is 10.2 Å². The summed E-state index contributed by atoms with van der Waals surface area (Å²) >= 11 is 12.0. The molecular formula is C17H19Cl2N5O2.